The van der Waals surface area contributed by atoms with Crippen LogP contribution in [0.1, 0.15) is 44.9 Å². The molecule has 4 rings (SSSR count). The maximum Gasteiger partial charge on any atom is 0.305 e. The summed E-state index contributed by atoms with van der Waals surface area (Å²) in [4.78, 5) is 22.7. The summed E-state index contributed by atoms with van der Waals surface area (Å²) in [5, 5.41) is 11.8. The minimum atomic E-state index is -1.02. The van der Waals surface area contributed by atoms with Gasteiger partial charge in [0.15, 0.2) is 0 Å². The summed E-state index contributed by atoms with van der Waals surface area (Å²) in [6, 6.07) is -0.925. The molecule has 0 aromatic rings. The van der Waals surface area contributed by atoms with Gasteiger partial charge in [-0.2, -0.15) is 0 Å². The van der Waals surface area contributed by atoms with Crippen molar-refractivity contribution in [2.45, 2.75) is 56.5 Å². The fourth-order valence-corrected chi connectivity index (χ4v) is 4.90. The summed E-state index contributed by atoms with van der Waals surface area (Å²) in [5.74, 6) is 0.948. The summed E-state index contributed by atoms with van der Waals surface area (Å²) in [7, 11) is 0. The second-order valence-electron chi connectivity index (χ2n) is 6.89. The lowest BCUT2D eigenvalue weighted by molar-refractivity contribution is -0.140. The van der Waals surface area contributed by atoms with Gasteiger partial charge in [0.25, 0.3) is 0 Å². The van der Waals surface area contributed by atoms with Crippen LogP contribution >= 0.6 is 0 Å². The second kappa shape index (κ2) is 4.47. The Morgan fingerprint density at radius 2 is 1.63 bits per heavy atom. The zero-order valence-electron chi connectivity index (χ0n) is 11.1. The van der Waals surface area contributed by atoms with Gasteiger partial charge in [-0.1, -0.05) is 0 Å². The van der Waals surface area contributed by atoms with Crippen molar-refractivity contribution >= 4 is 11.9 Å². The highest BCUT2D eigenvalue weighted by Crippen LogP contribution is 2.55. The van der Waals surface area contributed by atoms with Gasteiger partial charge in [-0.25, -0.2) is 0 Å². The van der Waals surface area contributed by atoms with E-state index in [4.69, 9.17) is 10.8 Å². The van der Waals surface area contributed by atoms with E-state index in [-0.39, 0.29) is 17.9 Å². The molecule has 5 nitrogen and oxygen atoms in total. The van der Waals surface area contributed by atoms with Gasteiger partial charge in [0, 0.05) is 5.54 Å². The predicted molar refractivity (Wildman–Crippen MR) is 69.3 cm³/mol. The molecule has 1 amide bonds. The molecule has 4 saturated carbocycles. The van der Waals surface area contributed by atoms with E-state index in [1.165, 1.54) is 19.3 Å². The van der Waals surface area contributed by atoms with Crippen LogP contribution in [0.5, 0.6) is 0 Å². The molecule has 1 atom stereocenters. The van der Waals surface area contributed by atoms with E-state index >= 15 is 0 Å². The lowest BCUT2D eigenvalue weighted by Gasteiger charge is -2.57. The molecule has 0 aliphatic heterocycles. The monoisotopic (exact) mass is 266 g/mol. The number of carbonyl (C=O) groups is 2. The van der Waals surface area contributed by atoms with Crippen molar-refractivity contribution < 1.29 is 14.7 Å². The van der Waals surface area contributed by atoms with Gasteiger partial charge >= 0.3 is 5.97 Å². The summed E-state index contributed by atoms with van der Waals surface area (Å²) in [6.07, 6.45) is 6.83. The molecule has 19 heavy (non-hydrogen) atoms. The topological polar surface area (TPSA) is 92.4 Å². The lowest BCUT2D eigenvalue weighted by Crippen LogP contribution is -2.62. The number of carboxylic acids is 1. The highest BCUT2D eigenvalue weighted by atomic mass is 16.4. The number of hydrogen-bond donors (Lipinski definition) is 3. The molecule has 0 aromatic carbocycles. The lowest BCUT2D eigenvalue weighted by atomic mass is 9.53. The molecular formula is C14H22N2O3. The van der Waals surface area contributed by atoms with Gasteiger partial charge in [-0.05, 0) is 56.3 Å². The molecule has 0 saturated heterocycles. The van der Waals surface area contributed by atoms with Crippen LogP contribution in [-0.4, -0.2) is 28.6 Å². The molecule has 4 aliphatic rings. The van der Waals surface area contributed by atoms with Crippen molar-refractivity contribution in [2.24, 2.45) is 23.5 Å². The third-order valence-corrected chi connectivity index (χ3v) is 5.16. The normalized spacial score (nSPS) is 41.0. The number of hydrogen-bond acceptors (Lipinski definition) is 3. The SMILES string of the molecule is NC(CC(=O)O)C(=O)NC12CC3CC(CC(C3)C1)C2. The van der Waals surface area contributed by atoms with Crippen molar-refractivity contribution in [1.29, 1.82) is 0 Å². The molecule has 0 heterocycles. The fraction of sp³-hybridized carbons (Fsp3) is 0.857. The molecular weight excluding hydrogens is 244 g/mol. The first-order valence-electron chi connectivity index (χ1n) is 7.25. The molecule has 0 spiro atoms. The Morgan fingerprint density at radius 3 is 2.05 bits per heavy atom. The van der Waals surface area contributed by atoms with E-state index in [0.29, 0.717) is 0 Å². The second-order valence-corrected chi connectivity index (χ2v) is 6.89. The summed E-state index contributed by atoms with van der Waals surface area (Å²) in [5.41, 5.74) is 5.57. The van der Waals surface area contributed by atoms with Crippen molar-refractivity contribution in [3.8, 4) is 0 Å². The highest BCUT2D eigenvalue weighted by molar-refractivity contribution is 5.86. The number of aliphatic carboxylic acids is 1. The van der Waals surface area contributed by atoms with Crippen LogP contribution in [-0.2, 0) is 9.59 Å². The Labute approximate surface area is 112 Å². The van der Waals surface area contributed by atoms with Crippen molar-refractivity contribution in [3.63, 3.8) is 0 Å². The number of nitrogens with two attached hydrogens (primary N) is 1. The third-order valence-electron chi connectivity index (χ3n) is 5.16. The molecule has 106 valence electrons. The molecule has 4 bridgehead atoms. The third kappa shape index (κ3) is 2.48. The first-order valence-corrected chi connectivity index (χ1v) is 7.25. The highest BCUT2D eigenvalue weighted by Gasteiger charge is 2.51. The van der Waals surface area contributed by atoms with Gasteiger partial charge in [0.2, 0.25) is 5.91 Å². The Bertz CT molecular complexity index is 372. The molecule has 4 aliphatic carbocycles. The molecule has 0 radical (unpaired) electrons. The van der Waals surface area contributed by atoms with E-state index in [1.54, 1.807) is 0 Å². The van der Waals surface area contributed by atoms with Crippen LogP contribution in [0.2, 0.25) is 0 Å². The standard InChI is InChI=1S/C14H22N2O3/c15-11(4-12(17)18)13(19)16-14-5-8-1-9(6-14)3-10(2-8)7-14/h8-11H,1-7,15H2,(H,16,19)(H,17,18). The molecule has 4 fully saturated rings. The van der Waals surface area contributed by atoms with Gasteiger partial charge in [0.05, 0.1) is 12.5 Å². The number of carbonyl (C=O) groups excluding carboxylic acids is 1. The number of amides is 1. The van der Waals surface area contributed by atoms with Crippen LogP contribution in [0, 0.1) is 17.8 Å². The Kier molecular flexibility index (Phi) is 3.04. The largest absolute Gasteiger partial charge is 0.481 e. The number of rotatable bonds is 4. The molecule has 0 aromatic heterocycles. The maximum absolute atomic E-state index is 12.1. The van der Waals surface area contributed by atoms with E-state index in [2.05, 4.69) is 5.32 Å². The van der Waals surface area contributed by atoms with Crippen molar-refractivity contribution in [3.05, 3.63) is 0 Å². The molecule has 4 N–H and O–H groups in total. The fourth-order valence-electron chi connectivity index (χ4n) is 4.90. The average Bonchev–Trinajstić information content (AvgIpc) is 2.24. The smallest absolute Gasteiger partial charge is 0.305 e. The van der Waals surface area contributed by atoms with E-state index in [0.717, 1.165) is 37.0 Å². The molecule has 5 heteroatoms. The Morgan fingerprint density at radius 1 is 1.16 bits per heavy atom. The Hall–Kier alpha value is -1.10. The van der Waals surface area contributed by atoms with Crippen LogP contribution in [0.25, 0.3) is 0 Å². The minimum absolute atomic E-state index is 0.0814. The van der Waals surface area contributed by atoms with Gasteiger partial charge in [-0.3, -0.25) is 9.59 Å². The van der Waals surface area contributed by atoms with Crippen LogP contribution in [0.15, 0.2) is 0 Å². The summed E-state index contributed by atoms with van der Waals surface area (Å²) < 4.78 is 0. The Balaban J connectivity index is 1.66. The van der Waals surface area contributed by atoms with Crippen molar-refractivity contribution in [1.82, 2.24) is 5.32 Å². The first kappa shape index (κ1) is 12.9. The van der Waals surface area contributed by atoms with Gasteiger partial charge in [0.1, 0.15) is 0 Å². The van der Waals surface area contributed by atoms with Gasteiger partial charge < -0.3 is 16.2 Å². The van der Waals surface area contributed by atoms with Crippen molar-refractivity contribution in [2.75, 3.05) is 0 Å². The molecule has 1 unspecified atom stereocenters. The quantitative estimate of drug-likeness (QED) is 0.704. The zero-order valence-corrected chi connectivity index (χ0v) is 11.1. The van der Waals surface area contributed by atoms with E-state index in [1.807, 2.05) is 0 Å². The van der Waals surface area contributed by atoms with Gasteiger partial charge in [-0.15, -0.1) is 0 Å². The predicted octanol–water partition coefficient (Wildman–Crippen LogP) is 0.873. The average molecular weight is 266 g/mol. The van der Waals surface area contributed by atoms with E-state index in [9.17, 15) is 9.59 Å². The van der Waals surface area contributed by atoms with Crippen LogP contribution < -0.4 is 11.1 Å². The summed E-state index contributed by atoms with van der Waals surface area (Å²) in [6.45, 7) is 0. The maximum atomic E-state index is 12.1. The van der Waals surface area contributed by atoms with Crippen LogP contribution in [0.4, 0.5) is 0 Å². The first-order chi connectivity index (χ1) is 8.96. The minimum Gasteiger partial charge on any atom is -0.481 e. The van der Waals surface area contributed by atoms with Crippen LogP contribution in [0.3, 0.4) is 0 Å². The zero-order chi connectivity index (χ0) is 13.6. The number of nitrogens with one attached hydrogen (secondary N) is 1. The number of carboxylic acid groups (broad SMARTS) is 1. The van der Waals surface area contributed by atoms with E-state index < -0.39 is 12.0 Å². The summed E-state index contributed by atoms with van der Waals surface area (Å²) >= 11 is 0.